The first-order chi connectivity index (χ1) is 12.2. The molecule has 2 saturated heterocycles. The zero-order chi connectivity index (χ0) is 17.2. The number of ether oxygens (including phenoxy) is 1. The smallest absolute Gasteiger partial charge is 0.287 e. The normalized spacial score (nSPS) is 20.3. The van der Waals surface area contributed by atoms with E-state index in [1.807, 2.05) is 23.1 Å². The van der Waals surface area contributed by atoms with Crippen LogP contribution >= 0.6 is 0 Å². The number of carbonyl (C=O) groups is 2. The van der Waals surface area contributed by atoms with Gasteiger partial charge in [0.25, 0.3) is 11.8 Å². The second kappa shape index (κ2) is 6.84. The van der Waals surface area contributed by atoms with E-state index in [1.165, 1.54) is 0 Å². The number of carbonyl (C=O) groups excluding carboxylic acids is 2. The Kier molecular flexibility index (Phi) is 4.40. The minimum atomic E-state index is -0.280. The molecule has 1 atom stereocenters. The summed E-state index contributed by atoms with van der Waals surface area (Å²) >= 11 is 0. The second-order valence-electron chi connectivity index (χ2n) is 6.58. The third-order valence-electron chi connectivity index (χ3n) is 4.86. The molecule has 0 aliphatic carbocycles. The van der Waals surface area contributed by atoms with E-state index < -0.39 is 0 Å². The third kappa shape index (κ3) is 3.11. The Labute approximate surface area is 146 Å². The van der Waals surface area contributed by atoms with Gasteiger partial charge in [-0.1, -0.05) is 6.07 Å². The molecule has 7 heteroatoms. The molecule has 25 heavy (non-hydrogen) atoms. The summed E-state index contributed by atoms with van der Waals surface area (Å²) in [6, 6.07) is 5.51. The van der Waals surface area contributed by atoms with Gasteiger partial charge < -0.3 is 15.0 Å². The van der Waals surface area contributed by atoms with E-state index in [9.17, 15) is 9.59 Å². The van der Waals surface area contributed by atoms with Gasteiger partial charge in [-0.3, -0.25) is 14.0 Å². The van der Waals surface area contributed by atoms with Gasteiger partial charge in [-0.25, -0.2) is 4.98 Å². The predicted molar refractivity (Wildman–Crippen MR) is 91.6 cm³/mol. The maximum absolute atomic E-state index is 12.8. The lowest BCUT2D eigenvalue weighted by Gasteiger charge is -2.13. The lowest BCUT2D eigenvalue weighted by molar-refractivity contribution is 0.0789. The number of rotatable bonds is 4. The van der Waals surface area contributed by atoms with Gasteiger partial charge in [0.15, 0.2) is 5.69 Å². The fourth-order valence-corrected chi connectivity index (χ4v) is 3.52. The molecule has 2 aromatic rings. The number of hydrogen-bond acceptors (Lipinski definition) is 4. The maximum atomic E-state index is 12.8. The average molecular weight is 342 g/mol. The Morgan fingerprint density at radius 2 is 2.08 bits per heavy atom. The summed E-state index contributed by atoms with van der Waals surface area (Å²) in [5.41, 5.74) is 1.02. The SMILES string of the molecule is O=C(NCC1CCCO1)c1nc(C(=O)N2CCCC2)c2ccccn12. The molecule has 7 nitrogen and oxygen atoms in total. The molecular weight excluding hydrogens is 320 g/mol. The highest BCUT2D eigenvalue weighted by Crippen LogP contribution is 2.18. The summed E-state index contributed by atoms with van der Waals surface area (Å²) in [5, 5.41) is 2.88. The fraction of sp³-hybridized carbons (Fsp3) is 0.500. The Hall–Kier alpha value is -2.41. The minimum absolute atomic E-state index is 0.0703. The Morgan fingerprint density at radius 3 is 2.84 bits per heavy atom. The van der Waals surface area contributed by atoms with Crippen LogP contribution in [0.3, 0.4) is 0 Å². The van der Waals surface area contributed by atoms with Crippen molar-refractivity contribution in [1.29, 1.82) is 0 Å². The van der Waals surface area contributed by atoms with Gasteiger partial charge >= 0.3 is 0 Å². The van der Waals surface area contributed by atoms with Gasteiger partial charge in [-0.2, -0.15) is 0 Å². The van der Waals surface area contributed by atoms with Crippen molar-refractivity contribution in [2.24, 2.45) is 0 Å². The van der Waals surface area contributed by atoms with Gasteiger partial charge in [0.05, 0.1) is 11.6 Å². The predicted octanol–water partition coefficient (Wildman–Crippen LogP) is 1.48. The van der Waals surface area contributed by atoms with Crippen LogP contribution < -0.4 is 5.32 Å². The third-order valence-corrected chi connectivity index (χ3v) is 4.86. The Bertz CT molecular complexity index is 789. The lowest BCUT2D eigenvalue weighted by Crippen LogP contribution is -2.33. The van der Waals surface area contributed by atoms with Crippen molar-refractivity contribution in [3.8, 4) is 0 Å². The van der Waals surface area contributed by atoms with Crippen LogP contribution in [0.5, 0.6) is 0 Å². The van der Waals surface area contributed by atoms with Crippen LogP contribution in [0.2, 0.25) is 0 Å². The zero-order valence-electron chi connectivity index (χ0n) is 14.1. The molecule has 0 spiro atoms. The monoisotopic (exact) mass is 342 g/mol. The van der Waals surface area contributed by atoms with Gasteiger partial charge in [-0.15, -0.1) is 0 Å². The molecule has 1 unspecified atom stereocenters. The van der Waals surface area contributed by atoms with Crippen molar-refractivity contribution in [3.63, 3.8) is 0 Å². The summed E-state index contributed by atoms with van der Waals surface area (Å²) in [4.78, 5) is 31.6. The quantitative estimate of drug-likeness (QED) is 0.913. The van der Waals surface area contributed by atoms with Gasteiger partial charge in [0.1, 0.15) is 0 Å². The van der Waals surface area contributed by atoms with Gasteiger partial charge in [0.2, 0.25) is 5.82 Å². The minimum Gasteiger partial charge on any atom is -0.376 e. The first-order valence-corrected chi connectivity index (χ1v) is 8.90. The Balaban J connectivity index is 1.60. The van der Waals surface area contributed by atoms with Crippen molar-refractivity contribution in [2.75, 3.05) is 26.2 Å². The van der Waals surface area contributed by atoms with Crippen LogP contribution in [0.25, 0.3) is 5.52 Å². The molecule has 4 heterocycles. The number of amides is 2. The van der Waals surface area contributed by atoms with E-state index in [1.54, 1.807) is 10.6 Å². The molecule has 2 aromatic heterocycles. The topological polar surface area (TPSA) is 75.9 Å². The molecular formula is C18H22N4O3. The number of nitrogens with one attached hydrogen (secondary N) is 1. The highest BCUT2D eigenvalue weighted by molar-refractivity contribution is 6.02. The molecule has 132 valence electrons. The highest BCUT2D eigenvalue weighted by atomic mass is 16.5. The number of pyridine rings is 1. The van der Waals surface area contributed by atoms with Crippen LogP contribution in [0.4, 0.5) is 0 Å². The number of nitrogens with zero attached hydrogens (tertiary/aromatic N) is 3. The molecule has 0 radical (unpaired) electrons. The molecule has 2 aliphatic rings. The van der Waals surface area contributed by atoms with E-state index in [4.69, 9.17) is 4.74 Å². The molecule has 1 N–H and O–H groups in total. The molecule has 4 rings (SSSR count). The van der Waals surface area contributed by atoms with E-state index in [2.05, 4.69) is 10.3 Å². The fourth-order valence-electron chi connectivity index (χ4n) is 3.52. The van der Waals surface area contributed by atoms with E-state index in [0.29, 0.717) is 17.8 Å². The first kappa shape index (κ1) is 16.1. The zero-order valence-corrected chi connectivity index (χ0v) is 14.1. The molecule has 2 aliphatic heterocycles. The molecule has 0 aromatic carbocycles. The summed E-state index contributed by atoms with van der Waals surface area (Å²) < 4.78 is 7.22. The molecule has 0 saturated carbocycles. The number of aromatic nitrogens is 2. The number of likely N-dealkylation sites (tertiary alicyclic amines) is 1. The summed E-state index contributed by atoms with van der Waals surface area (Å²) in [6.45, 7) is 2.73. The van der Waals surface area contributed by atoms with Crippen LogP contribution in [-0.4, -0.2) is 58.4 Å². The standard InChI is InChI=1S/C18H22N4O3/c23-17(19-12-13-6-5-11-25-13)16-20-15(14-7-1-2-10-22(14)16)18(24)21-8-3-4-9-21/h1-2,7,10,13H,3-6,8-9,11-12H2,(H,19,23). The lowest BCUT2D eigenvalue weighted by atomic mass is 10.2. The largest absolute Gasteiger partial charge is 0.376 e. The van der Waals surface area contributed by atoms with E-state index in [-0.39, 0.29) is 23.7 Å². The number of fused-ring (bicyclic) bond motifs is 1. The van der Waals surface area contributed by atoms with Crippen molar-refractivity contribution < 1.29 is 14.3 Å². The van der Waals surface area contributed by atoms with Crippen molar-refractivity contribution in [2.45, 2.75) is 31.8 Å². The first-order valence-electron chi connectivity index (χ1n) is 8.90. The molecule has 2 amide bonds. The summed E-state index contributed by atoms with van der Waals surface area (Å²) in [5.74, 6) is -0.132. The Morgan fingerprint density at radius 1 is 1.24 bits per heavy atom. The van der Waals surface area contributed by atoms with Crippen LogP contribution in [-0.2, 0) is 4.74 Å². The van der Waals surface area contributed by atoms with Gasteiger partial charge in [-0.05, 0) is 37.8 Å². The van der Waals surface area contributed by atoms with E-state index >= 15 is 0 Å². The maximum Gasteiger partial charge on any atom is 0.287 e. The summed E-state index contributed by atoms with van der Waals surface area (Å²) in [7, 11) is 0. The number of imidazole rings is 1. The second-order valence-corrected chi connectivity index (χ2v) is 6.58. The average Bonchev–Trinajstić information content (AvgIpc) is 3.39. The van der Waals surface area contributed by atoms with Crippen molar-refractivity contribution >= 4 is 17.3 Å². The van der Waals surface area contributed by atoms with Gasteiger partial charge in [0, 0.05) is 32.4 Å². The summed E-state index contributed by atoms with van der Waals surface area (Å²) in [6.07, 6.45) is 5.87. The van der Waals surface area contributed by atoms with Crippen LogP contribution in [0.15, 0.2) is 24.4 Å². The van der Waals surface area contributed by atoms with Crippen LogP contribution in [0, 0.1) is 0 Å². The van der Waals surface area contributed by atoms with Crippen molar-refractivity contribution in [3.05, 3.63) is 35.9 Å². The highest BCUT2D eigenvalue weighted by Gasteiger charge is 2.27. The number of hydrogen-bond donors (Lipinski definition) is 1. The molecule has 2 fully saturated rings. The van der Waals surface area contributed by atoms with Crippen LogP contribution in [0.1, 0.15) is 46.8 Å². The molecule has 0 bridgehead atoms. The van der Waals surface area contributed by atoms with E-state index in [0.717, 1.165) is 45.4 Å². The van der Waals surface area contributed by atoms with Crippen molar-refractivity contribution in [1.82, 2.24) is 19.6 Å².